The van der Waals surface area contributed by atoms with E-state index in [1.165, 1.54) is 0 Å². The third-order valence-corrected chi connectivity index (χ3v) is 7.67. The van der Waals surface area contributed by atoms with Crippen LogP contribution >= 0.6 is 0 Å². The van der Waals surface area contributed by atoms with Crippen LogP contribution in [0.1, 0.15) is 40.5 Å². The summed E-state index contributed by atoms with van der Waals surface area (Å²) in [5.74, 6) is 0.116. The Morgan fingerprint density at radius 3 is 2.31 bits per heavy atom. The van der Waals surface area contributed by atoms with Crippen LogP contribution in [-0.2, 0) is 9.22 Å². The molecule has 0 unspecified atom stereocenters. The molecule has 0 aliphatic heterocycles. The fraction of sp³-hybridized carbons (Fsp3) is 0.769. The van der Waals surface area contributed by atoms with Gasteiger partial charge in [0, 0.05) is 6.61 Å². The minimum Gasteiger partial charge on any atom is -0.417 e. The fourth-order valence-electron chi connectivity index (χ4n) is 0.994. The van der Waals surface area contributed by atoms with E-state index in [1.807, 2.05) is 6.08 Å². The molecule has 0 spiro atoms. The second-order valence-electron chi connectivity index (χ2n) is 5.76. The molecule has 0 heterocycles. The van der Waals surface area contributed by atoms with Gasteiger partial charge in [-0.2, -0.15) is 0 Å². The van der Waals surface area contributed by atoms with E-state index in [4.69, 9.17) is 4.43 Å². The van der Waals surface area contributed by atoms with E-state index in [-0.39, 0.29) is 10.8 Å². The molecule has 3 heteroatoms. The van der Waals surface area contributed by atoms with Gasteiger partial charge in [0.1, 0.15) is 0 Å². The van der Waals surface area contributed by atoms with Crippen molar-refractivity contribution >= 4 is 14.1 Å². The average molecular weight is 242 g/mol. The maximum Gasteiger partial charge on any atom is 0.191 e. The first-order valence-electron chi connectivity index (χ1n) is 5.98. The molecule has 0 saturated carbocycles. The third-order valence-electron chi connectivity index (χ3n) is 3.14. The molecule has 0 amide bonds. The first-order valence-corrected chi connectivity index (χ1v) is 8.89. The van der Waals surface area contributed by atoms with Crippen LogP contribution in [0.5, 0.6) is 0 Å². The lowest BCUT2D eigenvalue weighted by molar-refractivity contribution is -0.112. The number of ketones is 1. The molecule has 0 rings (SSSR count). The zero-order chi connectivity index (χ0) is 12.8. The number of unbranched alkanes of at least 4 members (excludes halogenated alkanes) is 1. The van der Waals surface area contributed by atoms with Crippen LogP contribution in [0.15, 0.2) is 12.2 Å². The van der Waals surface area contributed by atoms with E-state index in [2.05, 4.69) is 33.9 Å². The van der Waals surface area contributed by atoms with Gasteiger partial charge in [-0.05, 0) is 44.0 Å². The minimum atomic E-state index is -1.58. The lowest BCUT2D eigenvalue weighted by Crippen LogP contribution is -2.40. The molecule has 0 aromatic heterocycles. The van der Waals surface area contributed by atoms with Crippen molar-refractivity contribution in [1.29, 1.82) is 0 Å². The molecule has 0 bridgehead atoms. The molecule has 0 aromatic carbocycles. The van der Waals surface area contributed by atoms with Gasteiger partial charge < -0.3 is 4.43 Å². The number of hydrogen-bond acceptors (Lipinski definition) is 2. The highest BCUT2D eigenvalue weighted by molar-refractivity contribution is 6.74. The van der Waals surface area contributed by atoms with Crippen LogP contribution in [0.2, 0.25) is 18.1 Å². The molecule has 0 saturated heterocycles. The molecule has 0 fully saturated rings. The van der Waals surface area contributed by atoms with E-state index >= 15 is 0 Å². The van der Waals surface area contributed by atoms with Crippen LogP contribution < -0.4 is 0 Å². The predicted molar refractivity (Wildman–Crippen MR) is 72.2 cm³/mol. The average Bonchev–Trinajstić information content (AvgIpc) is 2.08. The Balaban J connectivity index is 3.79. The Morgan fingerprint density at radius 1 is 1.31 bits per heavy atom. The summed E-state index contributed by atoms with van der Waals surface area (Å²) in [4.78, 5) is 10.7. The fourth-order valence-corrected chi connectivity index (χ4v) is 2.08. The molecule has 0 aliphatic carbocycles. The summed E-state index contributed by atoms with van der Waals surface area (Å²) < 4.78 is 6.02. The van der Waals surface area contributed by atoms with Gasteiger partial charge in [0.25, 0.3) is 0 Å². The van der Waals surface area contributed by atoms with Crippen molar-refractivity contribution in [3.8, 4) is 0 Å². The number of carbonyl (C=O) groups excluding carboxylic acids is 1. The molecular formula is C13H26O2Si. The van der Waals surface area contributed by atoms with Crippen molar-refractivity contribution < 1.29 is 9.22 Å². The highest BCUT2D eigenvalue weighted by Crippen LogP contribution is 2.36. The van der Waals surface area contributed by atoms with E-state index in [0.717, 1.165) is 19.4 Å². The second-order valence-corrected chi connectivity index (χ2v) is 10.6. The van der Waals surface area contributed by atoms with Crippen LogP contribution in [0.25, 0.3) is 0 Å². The van der Waals surface area contributed by atoms with Gasteiger partial charge in [-0.3, -0.25) is 4.79 Å². The summed E-state index contributed by atoms with van der Waals surface area (Å²) in [5.41, 5.74) is 0. The molecule has 0 atom stereocenters. The third kappa shape index (κ3) is 6.23. The Labute approximate surface area is 101 Å². The Hall–Kier alpha value is -0.413. The van der Waals surface area contributed by atoms with Crippen LogP contribution in [-0.4, -0.2) is 20.7 Å². The normalized spacial score (nSPS) is 13.4. The zero-order valence-electron chi connectivity index (χ0n) is 11.6. The molecule has 94 valence electrons. The minimum absolute atomic E-state index is 0.116. The first-order chi connectivity index (χ1) is 7.17. The second kappa shape index (κ2) is 6.35. The lowest BCUT2D eigenvalue weighted by atomic mass is 10.2. The highest BCUT2D eigenvalue weighted by atomic mass is 28.4. The van der Waals surface area contributed by atoms with E-state index in [1.54, 1.807) is 13.0 Å². The quantitative estimate of drug-likeness (QED) is 0.401. The molecular weight excluding hydrogens is 216 g/mol. The SMILES string of the molecule is CC(=O)/C=C/CCCO[Si](C)(C)C(C)(C)C. The maximum absolute atomic E-state index is 10.7. The van der Waals surface area contributed by atoms with Crippen molar-refractivity contribution in [2.75, 3.05) is 6.61 Å². The molecule has 0 radical (unpaired) electrons. The summed E-state index contributed by atoms with van der Waals surface area (Å²) in [5, 5.41) is 0.280. The van der Waals surface area contributed by atoms with Gasteiger partial charge in [0.2, 0.25) is 0 Å². The summed E-state index contributed by atoms with van der Waals surface area (Å²) in [6.07, 6.45) is 5.48. The summed E-state index contributed by atoms with van der Waals surface area (Å²) in [7, 11) is -1.58. The van der Waals surface area contributed by atoms with Gasteiger partial charge in [-0.15, -0.1) is 0 Å². The number of carbonyl (C=O) groups is 1. The van der Waals surface area contributed by atoms with Crippen LogP contribution in [0.3, 0.4) is 0 Å². The molecule has 2 nitrogen and oxygen atoms in total. The highest BCUT2D eigenvalue weighted by Gasteiger charge is 2.36. The summed E-state index contributed by atoms with van der Waals surface area (Å²) in [6.45, 7) is 13.6. The van der Waals surface area contributed by atoms with Crippen molar-refractivity contribution in [2.45, 2.75) is 58.7 Å². The molecule has 0 N–H and O–H groups in total. The lowest BCUT2D eigenvalue weighted by Gasteiger charge is -2.36. The van der Waals surface area contributed by atoms with Crippen molar-refractivity contribution in [3.63, 3.8) is 0 Å². The topological polar surface area (TPSA) is 26.3 Å². The van der Waals surface area contributed by atoms with Crippen molar-refractivity contribution in [2.24, 2.45) is 0 Å². The van der Waals surface area contributed by atoms with Crippen LogP contribution in [0.4, 0.5) is 0 Å². The Kier molecular flexibility index (Phi) is 6.19. The standard InChI is InChI=1S/C13H26O2Si/c1-12(14)10-8-7-9-11-15-16(5,6)13(2,3)4/h8,10H,7,9,11H2,1-6H3/b10-8+. The predicted octanol–water partition coefficient (Wildman–Crippen LogP) is 3.93. The maximum atomic E-state index is 10.7. The zero-order valence-corrected chi connectivity index (χ0v) is 12.6. The van der Waals surface area contributed by atoms with Gasteiger partial charge in [-0.1, -0.05) is 26.8 Å². The molecule has 16 heavy (non-hydrogen) atoms. The van der Waals surface area contributed by atoms with Crippen molar-refractivity contribution in [1.82, 2.24) is 0 Å². The Bertz CT molecular complexity index is 249. The number of allylic oxidation sites excluding steroid dienone is 2. The number of hydrogen-bond donors (Lipinski definition) is 0. The smallest absolute Gasteiger partial charge is 0.191 e. The first kappa shape index (κ1) is 15.6. The van der Waals surface area contributed by atoms with E-state index < -0.39 is 8.32 Å². The van der Waals surface area contributed by atoms with E-state index in [0.29, 0.717) is 0 Å². The van der Waals surface area contributed by atoms with E-state index in [9.17, 15) is 4.79 Å². The monoisotopic (exact) mass is 242 g/mol. The largest absolute Gasteiger partial charge is 0.417 e. The molecule has 0 aromatic rings. The van der Waals surface area contributed by atoms with Crippen LogP contribution in [0, 0.1) is 0 Å². The van der Waals surface area contributed by atoms with Crippen molar-refractivity contribution in [3.05, 3.63) is 12.2 Å². The van der Waals surface area contributed by atoms with Gasteiger partial charge >= 0.3 is 0 Å². The summed E-state index contributed by atoms with van der Waals surface area (Å²) >= 11 is 0. The number of rotatable bonds is 6. The van der Waals surface area contributed by atoms with Gasteiger partial charge in [0.15, 0.2) is 14.1 Å². The Morgan fingerprint density at radius 2 is 1.88 bits per heavy atom. The molecule has 0 aliphatic rings. The van der Waals surface area contributed by atoms with Gasteiger partial charge in [-0.25, -0.2) is 0 Å². The van der Waals surface area contributed by atoms with Gasteiger partial charge in [0.05, 0.1) is 0 Å². The summed E-state index contributed by atoms with van der Waals surface area (Å²) in [6, 6.07) is 0.